The second-order valence-electron chi connectivity index (χ2n) is 8.88. The lowest BCUT2D eigenvalue weighted by Gasteiger charge is -2.55. The van der Waals surface area contributed by atoms with Gasteiger partial charge in [0.15, 0.2) is 5.72 Å². The predicted octanol–water partition coefficient (Wildman–Crippen LogP) is 2.27. The van der Waals surface area contributed by atoms with Crippen molar-refractivity contribution in [2.75, 3.05) is 13.7 Å². The molecule has 6 rings (SSSR count). The number of ether oxygens (including phenoxy) is 2. The zero-order valence-electron chi connectivity index (χ0n) is 17.9. The largest absolute Gasteiger partial charge is 0.497 e. The molecule has 1 spiro atoms. The van der Waals surface area contributed by atoms with Gasteiger partial charge in [-0.25, -0.2) is 0 Å². The highest BCUT2D eigenvalue weighted by Gasteiger charge is 2.57. The van der Waals surface area contributed by atoms with Gasteiger partial charge in [-0.3, -0.25) is 14.3 Å². The SMILES string of the molecule is COc1ccc2c(c1)OC1(CC3CCC1CC3C(=O)NCCn1nccc1C)NC2=O. The molecule has 3 fully saturated rings. The lowest BCUT2D eigenvalue weighted by atomic mass is 9.60. The Kier molecular flexibility index (Phi) is 4.87. The standard InChI is InChI=1S/C23H28N4O4/c1-14-7-8-25-27(14)10-9-24-21(28)19-11-16-4-3-15(19)13-23(16)26-22(29)18-6-5-17(30-2)12-20(18)31-23/h5-8,12,15-16,19H,3-4,9-11,13H2,1-2H3,(H,24,28)(H,26,29). The van der Waals surface area contributed by atoms with Crippen molar-refractivity contribution in [1.29, 1.82) is 0 Å². The van der Waals surface area contributed by atoms with Gasteiger partial charge >= 0.3 is 0 Å². The first-order valence-electron chi connectivity index (χ1n) is 10.9. The van der Waals surface area contributed by atoms with Crippen LogP contribution < -0.4 is 20.1 Å². The zero-order chi connectivity index (χ0) is 21.6. The van der Waals surface area contributed by atoms with Crippen LogP contribution in [0, 0.1) is 24.7 Å². The lowest BCUT2D eigenvalue weighted by Crippen LogP contribution is -2.67. The van der Waals surface area contributed by atoms with Crippen molar-refractivity contribution in [3.05, 3.63) is 41.7 Å². The van der Waals surface area contributed by atoms with E-state index in [1.54, 1.807) is 31.5 Å². The van der Waals surface area contributed by atoms with Gasteiger partial charge in [0.2, 0.25) is 5.91 Å². The van der Waals surface area contributed by atoms with E-state index < -0.39 is 5.72 Å². The summed E-state index contributed by atoms with van der Waals surface area (Å²) in [6.45, 7) is 3.22. The first kappa shape index (κ1) is 19.9. The molecule has 1 aromatic heterocycles. The number of methoxy groups -OCH3 is 1. The second-order valence-corrected chi connectivity index (χ2v) is 8.88. The Hall–Kier alpha value is -3.03. The van der Waals surface area contributed by atoms with Gasteiger partial charge in [0.1, 0.15) is 11.5 Å². The normalized spacial score (nSPS) is 28.6. The number of nitrogens with zero attached hydrogens (tertiary/aromatic N) is 2. The molecule has 164 valence electrons. The Morgan fingerprint density at radius 3 is 2.97 bits per heavy atom. The van der Waals surface area contributed by atoms with Crippen molar-refractivity contribution in [3.63, 3.8) is 0 Å². The fourth-order valence-electron chi connectivity index (χ4n) is 5.49. The molecule has 3 aliphatic carbocycles. The Labute approximate surface area is 181 Å². The summed E-state index contributed by atoms with van der Waals surface area (Å²) >= 11 is 0. The maximum atomic E-state index is 12.9. The summed E-state index contributed by atoms with van der Waals surface area (Å²) < 4.78 is 13.6. The monoisotopic (exact) mass is 424 g/mol. The number of nitrogens with one attached hydrogen (secondary N) is 2. The highest BCUT2D eigenvalue weighted by Crippen LogP contribution is 2.52. The molecule has 2 aromatic rings. The fourth-order valence-corrected chi connectivity index (χ4v) is 5.49. The summed E-state index contributed by atoms with van der Waals surface area (Å²) in [7, 11) is 1.60. The van der Waals surface area contributed by atoms with Crippen molar-refractivity contribution >= 4 is 11.8 Å². The van der Waals surface area contributed by atoms with Gasteiger partial charge < -0.3 is 20.1 Å². The minimum absolute atomic E-state index is 0.0460. The quantitative estimate of drug-likeness (QED) is 0.768. The summed E-state index contributed by atoms with van der Waals surface area (Å²) in [6, 6.07) is 7.22. The van der Waals surface area contributed by atoms with Crippen LogP contribution in [0.25, 0.3) is 0 Å². The topological polar surface area (TPSA) is 94.5 Å². The first-order chi connectivity index (χ1) is 15.0. The number of aryl methyl sites for hydroxylation is 1. The Bertz CT molecular complexity index is 1020. The summed E-state index contributed by atoms with van der Waals surface area (Å²) in [6.07, 6.45) is 5.06. The van der Waals surface area contributed by atoms with Crippen LogP contribution in [0.4, 0.5) is 0 Å². The number of amides is 2. The molecule has 4 atom stereocenters. The first-order valence-corrected chi connectivity index (χ1v) is 10.9. The number of benzene rings is 1. The molecule has 2 heterocycles. The van der Waals surface area contributed by atoms with Crippen molar-refractivity contribution in [2.45, 2.75) is 44.9 Å². The lowest BCUT2D eigenvalue weighted by molar-refractivity contribution is -0.146. The maximum Gasteiger partial charge on any atom is 0.258 e. The molecule has 2 N–H and O–H groups in total. The maximum absolute atomic E-state index is 12.9. The van der Waals surface area contributed by atoms with Crippen LogP contribution in [0.1, 0.15) is 41.7 Å². The average Bonchev–Trinajstić information content (AvgIpc) is 3.18. The van der Waals surface area contributed by atoms with E-state index in [1.165, 1.54) is 0 Å². The summed E-state index contributed by atoms with van der Waals surface area (Å²) in [5, 5.41) is 10.5. The van der Waals surface area contributed by atoms with Crippen LogP contribution in [0.2, 0.25) is 0 Å². The second kappa shape index (κ2) is 7.59. The Morgan fingerprint density at radius 2 is 2.26 bits per heavy atom. The number of rotatable bonds is 5. The van der Waals surface area contributed by atoms with Crippen molar-refractivity contribution in [1.82, 2.24) is 20.4 Å². The molecular formula is C23H28N4O4. The summed E-state index contributed by atoms with van der Waals surface area (Å²) in [5.74, 6) is 1.44. The fraction of sp³-hybridized carbons (Fsp3) is 0.522. The van der Waals surface area contributed by atoms with E-state index >= 15 is 0 Å². The molecule has 0 saturated heterocycles. The number of hydrogen-bond donors (Lipinski definition) is 2. The highest BCUT2D eigenvalue weighted by atomic mass is 16.5. The molecule has 31 heavy (non-hydrogen) atoms. The van der Waals surface area contributed by atoms with E-state index in [-0.39, 0.29) is 29.6 Å². The number of carbonyl (C=O) groups is 2. The third-order valence-corrected chi connectivity index (χ3v) is 7.16. The molecule has 8 nitrogen and oxygen atoms in total. The number of aromatic nitrogens is 2. The molecular weight excluding hydrogens is 396 g/mol. The Balaban J connectivity index is 1.27. The van der Waals surface area contributed by atoms with Crippen molar-refractivity contribution < 1.29 is 19.1 Å². The van der Waals surface area contributed by atoms with Gasteiger partial charge in [-0.05, 0) is 50.3 Å². The number of carbonyl (C=O) groups excluding carboxylic acids is 2. The third kappa shape index (κ3) is 3.43. The van der Waals surface area contributed by atoms with Gasteiger partial charge in [0, 0.05) is 42.8 Å². The van der Waals surface area contributed by atoms with Gasteiger partial charge in [-0.15, -0.1) is 0 Å². The molecule has 3 saturated carbocycles. The van der Waals surface area contributed by atoms with Crippen LogP contribution in [-0.4, -0.2) is 41.0 Å². The van der Waals surface area contributed by atoms with Gasteiger partial charge in [-0.1, -0.05) is 0 Å². The molecule has 4 aliphatic rings. The summed E-state index contributed by atoms with van der Waals surface area (Å²) in [4.78, 5) is 25.7. The minimum atomic E-state index is -0.734. The van der Waals surface area contributed by atoms with E-state index in [2.05, 4.69) is 15.7 Å². The summed E-state index contributed by atoms with van der Waals surface area (Å²) in [5.41, 5.74) is 0.869. The number of fused-ring (bicyclic) bond motifs is 3. The van der Waals surface area contributed by atoms with Crippen LogP contribution in [0.3, 0.4) is 0 Å². The van der Waals surface area contributed by atoms with Gasteiger partial charge in [-0.2, -0.15) is 5.10 Å². The molecule has 4 unspecified atom stereocenters. The van der Waals surface area contributed by atoms with E-state index in [1.807, 2.05) is 17.7 Å². The van der Waals surface area contributed by atoms with E-state index in [9.17, 15) is 9.59 Å². The third-order valence-electron chi connectivity index (χ3n) is 7.16. The van der Waals surface area contributed by atoms with Crippen LogP contribution in [-0.2, 0) is 11.3 Å². The van der Waals surface area contributed by atoms with Crippen LogP contribution in [0.15, 0.2) is 30.5 Å². The van der Waals surface area contributed by atoms with Crippen molar-refractivity contribution in [2.24, 2.45) is 17.8 Å². The highest BCUT2D eigenvalue weighted by molar-refractivity contribution is 5.98. The van der Waals surface area contributed by atoms with Gasteiger partial charge in [0.05, 0.1) is 19.2 Å². The van der Waals surface area contributed by atoms with Crippen LogP contribution >= 0.6 is 0 Å². The Morgan fingerprint density at radius 1 is 1.39 bits per heavy atom. The molecule has 1 aromatic carbocycles. The zero-order valence-corrected chi connectivity index (χ0v) is 17.9. The predicted molar refractivity (Wildman–Crippen MR) is 113 cm³/mol. The van der Waals surface area contributed by atoms with E-state index in [4.69, 9.17) is 9.47 Å². The minimum Gasteiger partial charge on any atom is -0.497 e. The molecule has 1 aliphatic heterocycles. The smallest absolute Gasteiger partial charge is 0.258 e. The molecule has 8 heteroatoms. The molecule has 0 radical (unpaired) electrons. The van der Waals surface area contributed by atoms with E-state index in [0.29, 0.717) is 36.6 Å². The average molecular weight is 425 g/mol. The van der Waals surface area contributed by atoms with Crippen molar-refractivity contribution in [3.8, 4) is 11.5 Å². The number of hydrogen-bond acceptors (Lipinski definition) is 5. The van der Waals surface area contributed by atoms with Gasteiger partial charge in [0.25, 0.3) is 5.91 Å². The molecule has 2 bridgehead atoms. The van der Waals surface area contributed by atoms with Crippen LogP contribution in [0.5, 0.6) is 11.5 Å². The molecule has 2 amide bonds. The van der Waals surface area contributed by atoms with E-state index in [0.717, 1.165) is 25.0 Å².